The molecule has 1 saturated heterocycles. The fourth-order valence-corrected chi connectivity index (χ4v) is 2.64. The zero-order valence-electron chi connectivity index (χ0n) is 10.8. The second-order valence-corrected chi connectivity index (χ2v) is 4.98. The average Bonchev–Trinajstić information content (AvgIpc) is 2.46. The number of aliphatic carboxylic acids is 1. The first-order valence-electron chi connectivity index (χ1n) is 6.53. The van der Waals surface area contributed by atoms with Gasteiger partial charge in [-0.05, 0) is 31.0 Å². The molecule has 1 aromatic carbocycles. The van der Waals surface area contributed by atoms with Gasteiger partial charge in [-0.1, -0.05) is 0 Å². The lowest BCUT2D eigenvalue weighted by Gasteiger charge is -2.32. The van der Waals surface area contributed by atoms with Crippen molar-refractivity contribution in [3.63, 3.8) is 0 Å². The molecule has 0 saturated carbocycles. The Morgan fingerprint density at radius 2 is 2.25 bits per heavy atom. The number of carbonyl (C=O) groups is 1. The summed E-state index contributed by atoms with van der Waals surface area (Å²) >= 11 is 0. The summed E-state index contributed by atoms with van der Waals surface area (Å²) in [6.45, 7) is 1.13. The van der Waals surface area contributed by atoms with Crippen molar-refractivity contribution < 1.29 is 14.3 Å². The fourth-order valence-electron chi connectivity index (χ4n) is 2.64. The lowest BCUT2D eigenvalue weighted by molar-refractivity contribution is -0.141. The van der Waals surface area contributed by atoms with E-state index in [2.05, 4.69) is 9.97 Å². The number of carboxylic acid groups (broad SMARTS) is 1. The van der Waals surface area contributed by atoms with Gasteiger partial charge in [0.15, 0.2) is 0 Å². The number of rotatable bonds is 2. The molecule has 1 aromatic heterocycles. The highest BCUT2D eigenvalue weighted by Gasteiger charge is 2.27. The predicted octanol–water partition coefficient (Wildman–Crippen LogP) is 2.07. The van der Waals surface area contributed by atoms with Gasteiger partial charge in [-0.3, -0.25) is 4.79 Å². The van der Waals surface area contributed by atoms with Crippen LogP contribution >= 0.6 is 0 Å². The number of hydrogen-bond acceptors (Lipinski definition) is 4. The number of halogens is 1. The van der Waals surface area contributed by atoms with Crippen LogP contribution in [0, 0.1) is 11.7 Å². The predicted molar refractivity (Wildman–Crippen MR) is 72.1 cm³/mol. The van der Waals surface area contributed by atoms with Crippen LogP contribution in [0.3, 0.4) is 0 Å². The van der Waals surface area contributed by atoms with Gasteiger partial charge < -0.3 is 10.0 Å². The minimum Gasteiger partial charge on any atom is -0.481 e. The minimum atomic E-state index is -0.792. The van der Waals surface area contributed by atoms with Gasteiger partial charge in [-0.25, -0.2) is 14.4 Å². The van der Waals surface area contributed by atoms with Crippen LogP contribution in [0.25, 0.3) is 10.9 Å². The summed E-state index contributed by atoms with van der Waals surface area (Å²) in [6.07, 6.45) is 2.89. The second kappa shape index (κ2) is 5.03. The molecule has 1 aliphatic heterocycles. The van der Waals surface area contributed by atoms with E-state index in [1.54, 1.807) is 6.07 Å². The molecule has 0 amide bonds. The Hall–Kier alpha value is -2.24. The molecule has 20 heavy (non-hydrogen) atoms. The summed E-state index contributed by atoms with van der Waals surface area (Å²) in [4.78, 5) is 21.4. The van der Waals surface area contributed by atoms with Crippen molar-refractivity contribution in [2.45, 2.75) is 12.8 Å². The van der Waals surface area contributed by atoms with Crippen LogP contribution in [-0.4, -0.2) is 34.1 Å². The Morgan fingerprint density at radius 3 is 3.05 bits per heavy atom. The zero-order valence-corrected chi connectivity index (χ0v) is 10.8. The molecule has 1 fully saturated rings. The number of benzene rings is 1. The van der Waals surface area contributed by atoms with Crippen LogP contribution in [-0.2, 0) is 4.79 Å². The summed E-state index contributed by atoms with van der Waals surface area (Å²) in [7, 11) is 0. The average molecular weight is 275 g/mol. The van der Waals surface area contributed by atoms with Crippen molar-refractivity contribution >= 4 is 22.7 Å². The number of fused-ring (bicyclic) bond motifs is 1. The molecule has 6 heteroatoms. The lowest BCUT2D eigenvalue weighted by atomic mass is 9.98. The summed E-state index contributed by atoms with van der Waals surface area (Å²) in [5, 5.41) is 9.76. The lowest BCUT2D eigenvalue weighted by Crippen LogP contribution is -2.39. The van der Waals surface area contributed by atoms with Gasteiger partial charge in [0.2, 0.25) is 0 Å². The number of nitrogens with zero attached hydrogens (tertiary/aromatic N) is 3. The Bertz CT molecular complexity index is 662. The monoisotopic (exact) mass is 275 g/mol. The molecule has 1 N–H and O–H groups in total. The normalized spacial score (nSPS) is 19.2. The summed E-state index contributed by atoms with van der Waals surface area (Å²) in [5.41, 5.74) is 0.661. The molecule has 0 spiro atoms. The summed E-state index contributed by atoms with van der Waals surface area (Å²) in [6, 6.07) is 4.36. The maximum atomic E-state index is 13.4. The summed E-state index contributed by atoms with van der Waals surface area (Å²) in [5.74, 6) is -0.928. The Balaban J connectivity index is 2.01. The quantitative estimate of drug-likeness (QED) is 0.908. The third kappa shape index (κ3) is 2.29. The van der Waals surface area contributed by atoms with Crippen molar-refractivity contribution in [3.8, 4) is 0 Å². The largest absolute Gasteiger partial charge is 0.481 e. The molecule has 1 unspecified atom stereocenters. The van der Waals surface area contributed by atoms with Crippen LogP contribution in [0.4, 0.5) is 10.2 Å². The van der Waals surface area contributed by atoms with Gasteiger partial charge >= 0.3 is 5.97 Å². The van der Waals surface area contributed by atoms with Gasteiger partial charge in [0.1, 0.15) is 18.0 Å². The number of piperidine rings is 1. The summed E-state index contributed by atoms with van der Waals surface area (Å²) < 4.78 is 13.4. The first-order valence-corrected chi connectivity index (χ1v) is 6.53. The van der Waals surface area contributed by atoms with E-state index >= 15 is 0 Å². The van der Waals surface area contributed by atoms with E-state index < -0.39 is 11.9 Å². The molecule has 1 aliphatic rings. The van der Waals surface area contributed by atoms with Gasteiger partial charge in [-0.15, -0.1) is 0 Å². The van der Waals surface area contributed by atoms with Crippen LogP contribution in [0.1, 0.15) is 12.8 Å². The van der Waals surface area contributed by atoms with Gasteiger partial charge in [-0.2, -0.15) is 0 Å². The van der Waals surface area contributed by atoms with Crippen molar-refractivity contribution in [2.75, 3.05) is 18.0 Å². The van der Waals surface area contributed by atoms with Crippen molar-refractivity contribution in [2.24, 2.45) is 5.92 Å². The Labute approximate surface area is 115 Å². The van der Waals surface area contributed by atoms with Crippen molar-refractivity contribution in [1.82, 2.24) is 9.97 Å². The topological polar surface area (TPSA) is 66.3 Å². The van der Waals surface area contributed by atoms with Crippen molar-refractivity contribution in [3.05, 3.63) is 30.3 Å². The number of hydrogen-bond donors (Lipinski definition) is 1. The minimum absolute atomic E-state index is 0.347. The van der Waals surface area contributed by atoms with E-state index in [9.17, 15) is 9.18 Å². The molecule has 104 valence electrons. The van der Waals surface area contributed by atoms with E-state index in [-0.39, 0.29) is 5.82 Å². The van der Waals surface area contributed by atoms with Crippen LogP contribution in [0.15, 0.2) is 24.5 Å². The SMILES string of the molecule is O=C(O)C1CCCN(c2ncnc3ccc(F)cc23)C1. The highest BCUT2D eigenvalue weighted by molar-refractivity contribution is 5.89. The number of aromatic nitrogens is 2. The van der Waals surface area contributed by atoms with Crippen molar-refractivity contribution in [1.29, 1.82) is 0 Å². The van der Waals surface area contributed by atoms with Gasteiger partial charge in [0.05, 0.1) is 11.4 Å². The van der Waals surface area contributed by atoms with E-state index in [1.165, 1.54) is 18.5 Å². The highest BCUT2D eigenvalue weighted by Crippen LogP contribution is 2.27. The van der Waals surface area contributed by atoms with Crippen LogP contribution in [0.2, 0.25) is 0 Å². The Morgan fingerprint density at radius 1 is 1.40 bits per heavy atom. The van der Waals surface area contributed by atoms with E-state index in [0.717, 1.165) is 13.0 Å². The number of carboxylic acids is 1. The fraction of sp³-hybridized carbons (Fsp3) is 0.357. The van der Waals surface area contributed by atoms with Crippen LogP contribution in [0.5, 0.6) is 0 Å². The molecular weight excluding hydrogens is 261 g/mol. The molecule has 0 radical (unpaired) electrons. The Kier molecular flexibility index (Phi) is 3.22. The molecular formula is C14H14FN3O2. The van der Waals surface area contributed by atoms with E-state index in [1.807, 2.05) is 4.90 Å². The van der Waals surface area contributed by atoms with Gasteiger partial charge in [0, 0.05) is 18.5 Å². The molecule has 0 aliphatic carbocycles. The van der Waals surface area contributed by atoms with E-state index in [4.69, 9.17) is 5.11 Å². The third-order valence-electron chi connectivity index (χ3n) is 3.65. The maximum absolute atomic E-state index is 13.4. The molecule has 0 bridgehead atoms. The molecule has 1 atom stereocenters. The standard InChI is InChI=1S/C14H14FN3O2/c15-10-3-4-12-11(6-10)13(17-8-16-12)18-5-1-2-9(7-18)14(19)20/h3-4,6,8-9H,1-2,5,7H2,(H,19,20). The first kappa shape index (κ1) is 12.8. The molecule has 2 aromatic rings. The molecule has 2 heterocycles. The first-order chi connectivity index (χ1) is 9.65. The second-order valence-electron chi connectivity index (χ2n) is 4.98. The molecule has 3 rings (SSSR count). The third-order valence-corrected chi connectivity index (χ3v) is 3.65. The number of anilines is 1. The smallest absolute Gasteiger partial charge is 0.308 e. The van der Waals surface area contributed by atoms with Crippen LogP contribution < -0.4 is 4.90 Å². The van der Waals surface area contributed by atoms with E-state index in [0.29, 0.717) is 29.7 Å². The van der Waals surface area contributed by atoms with Gasteiger partial charge in [0.25, 0.3) is 0 Å². The highest BCUT2D eigenvalue weighted by atomic mass is 19.1. The zero-order chi connectivity index (χ0) is 14.1. The molecule has 5 nitrogen and oxygen atoms in total. The maximum Gasteiger partial charge on any atom is 0.308 e.